The van der Waals surface area contributed by atoms with Gasteiger partial charge in [0, 0.05) is 18.8 Å². The number of carboxylic acid groups (broad SMARTS) is 1. The van der Waals surface area contributed by atoms with Crippen LogP contribution >= 0.6 is 24.0 Å². The van der Waals surface area contributed by atoms with E-state index in [1.54, 1.807) is 6.08 Å². The first kappa shape index (κ1) is 17.0. The number of carbonyl (C=O) groups excluding carboxylic acids is 1. The number of carboxylic acids is 1. The van der Waals surface area contributed by atoms with Crippen molar-refractivity contribution >= 4 is 51.9 Å². The zero-order valence-electron chi connectivity index (χ0n) is 13.3. The van der Waals surface area contributed by atoms with Crippen molar-refractivity contribution < 1.29 is 14.7 Å². The molecule has 126 valence electrons. The van der Waals surface area contributed by atoms with E-state index in [9.17, 15) is 9.59 Å². The molecule has 2 aliphatic rings. The third kappa shape index (κ3) is 3.32. The summed E-state index contributed by atoms with van der Waals surface area (Å²) in [5, 5.41) is 8.88. The molecule has 7 heteroatoms. The molecule has 0 unspecified atom stereocenters. The van der Waals surface area contributed by atoms with Crippen LogP contribution in [0.4, 0.5) is 5.69 Å². The second-order valence-corrected chi connectivity index (χ2v) is 7.41. The fraction of sp³-hybridized carbons (Fsp3) is 0.353. The van der Waals surface area contributed by atoms with Crippen LogP contribution in [0.15, 0.2) is 23.1 Å². The van der Waals surface area contributed by atoms with Gasteiger partial charge >= 0.3 is 5.97 Å². The number of rotatable bonds is 4. The van der Waals surface area contributed by atoms with E-state index in [1.165, 1.54) is 11.3 Å². The minimum atomic E-state index is -1.07. The lowest BCUT2D eigenvalue weighted by molar-refractivity contribution is -0.140. The van der Waals surface area contributed by atoms with Crippen LogP contribution in [-0.2, 0) is 16.0 Å². The van der Waals surface area contributed by atoms with E-state index in [1.807, 2.05) is 6.07 Å². The topological polar surface area (TPSA) is 60.9 Å². The van der Waals surface area contributed by atoms with Gasteiger partial charge in [0.2, 0.25) is 0 Å². The molecule has 0 saturated carbocycles. The van der Waals surface area contributed by atoms with Crippen molar-refractivity contribution in [1.29, 1.82) is 0 Å². The van der Waals surface area contributed by atoms with Gasteiger partial charge in [0.25, 0.3) is 5.91 Å². The molecule has 1 aromatic rings. The number of aliphatic carboxylic acids is 1. The number of carbonyl (C=O) groups is 2. The Kier molecular flexibility index (Phi) is 4.91. The molecular formula is C17H18N2O3S2. The number of fused-ring (bicyclic) bond motifs is 1. The molecule has 0 aliphatic carbocycles. The van der Waals surface area contributed by atoms with E-state index in [4.69, 9.17) is 17.3 Å². The molecule has 1 fully saturated rings. The number of hydrogen-bond acceptors (Lipinski definition) is 5. The first-order valence-corrected chi connectivity index (χ1v) is 9.07. The molecule has 1 saturated heterocycles. The van der Waals surface area contributed by atoms with Gasteiger partial charge in [-0.15, -0.1) is 0 Å². The van der Waals surface area contributed by atoms with Gasteiger partial charge < -0.3 is 10.0 Å². The summed E-state index contributed by atoms with van der Waals surface area (Å²) in [6, 6.07) is 6.21. The van der Waals surface area contributed by atoms with Crippen molar-refractivity contribution in [2.45, 2.75) is 19.8 Å². The largest absolute Gasteiger partial charge is 0.480 e. The minimum absolute atomic E-state index is 0.295. The maximum absolute atomic E-state index is 12.3. The van der Waals surface area contributed by atoms with Crippen molar-refractivity contribution in [3.05, 3.63) is 34.2 Å². The number of hydrogen-bond donors (Lipinski definition) is 1. The summed E-state index contributed by atoms with van der Waals surface area (Å²) in [5.41, 5.74) is 3.50. The van der Waals surface area contributed by atoms with Crippen molar-refractivity contribution in [2.24, 2.45) is 0 Å². The molecule has 0 aromatic heterocycles. The van der Waals surface area contributed by atoms with Crippen molar-refractivity contribution in [3.8, 4) is 0 Å². The maximum atomic E-state index is 12.3. The summed E-state index contributed by atoms with van der Waals surface area (Å²) >= 11 is 6.27. The van der Waals surface area contributed by atoms with Crippen molar-refractivity contribution in [3.63, 3.8) is 0 Å². The Bertz CT molecular complexity index is 745. The highest BCUT2D eigenvalue weighted by atomic mass is 32.2. The standard InChI is InChI=1S/C17H18N2O3S2/c1-2-18-7-3-4-12-8-11(5-6-13(12)18)9-14-16(22)19(10-15(20)21)17(23)24-14/h5-6,8-9H,2-4,7,10H2,1H3,(H,20,21). The molecule has 1 aromatic carbocycles. The molecule has 0 bridgehead atoms. The number of amides is 1. The average Bonchev–Trinajstić information content (AvgIpc) is 2.81. The van der Waals surface area contributed by atoms with Crippen LogP contribution in [0.1, 0.15) is 24.5 Å². The van der Waals surface area contributed by atoms with Crippen molar-refractivity contribution in [1.82, 2.24) is 4.90 Å². The zero-order valence-corrected chi connectivity index (χ0v) is 15.0. The summed E-state index contributed by atoms with van der Waals surface area (Å²) in [6.45, 7) is 3.82. The fourth-order valence-corrected chi connectivity index (χ4v) is 4.29. The first-order chi connectivity index (χ1) is 11.5. The smallest absolute Gasteiger partial charge is 0.323 e. The molecule has 2 heterocycles. The number of thiocarbonyl (C=S) groups is 1. The van der Waals surface area contributed by atoms with E-state index in [-0.39, 0.29) is 5.91 Å². The summed E-state index contributed by atoms with van der Waals surface area (Å²) in [4.78, 5) is 27.1. The number of benzene rings is 1. The number of nitrogens with zero attached hydrogens (tertiary/aromatic N) is 2. The van der Waals surface area contributed by atoms with E-state index < -0.39 is 12.5 Å². The third-order valence-corrected chi connectivity index (χ3v) is 5.54. The van der Waals surface area contributed by atoms with Gasteiger partial charge in [-0.3, -0.25) is 14.5 Å². The summed E-state index contributed by atoms with van der Waals surface area (Å²) in [5.74, 6) is -1.40. The summed E-state index contributed by atoms with van der Waals surface area (Å²) < 4.78 is 0.295. The maximum Gasteiger partial charge on any atom is 0.323 e. The van der Waals surface area contributed by atoms with Crippen LogP contribution < -0.4 is 4.90 Å². The van der Waals surface area contributed by atoms with E-state index in [2.05, 4.69) is 24.0 Å². The van der Waals surface area contributed by atoms with Crippen LogP contribution in [0.25, 0.3) is 6.08 Å². The van der Waals surface area contributed by atoms with E-state index >= 15 is 0 Å². The molecule has 0 radical (unpaired) electrons. The van der Waals surface area contributed by atoms with Crippen LogP contribution in [0.3, 0.4) is 0 Å². The molecule has 24 heavy (non-hydrogen) atoms. The Hall–Kier alpha value is -1.86. The van der Waals surface area contributed by atoms with Crippen LogP contribution in [0, 0.1) is 0 Å². The van der Waals surface area contributed by atoms with Crippen LogP contribution in [-0.4, -0.2) is 45.8 Å². The van der Waals surface area contributed by atoms with Crippen LogP contribution in [0.2, 0.25) is 0 Å². The highest BCUT2D eigenvalue weighted by molar-refractivity contribution is 8.26. The first-order valence-electron chi connectivity index (χ1n) is 7.84. The lowest BCUT2D eigenvalue weighted by Gasteiger charge is -2.30. The Morgan fingerprint density at radius 1 is 1.46 bits per heavy atom. The monoisotopic (exact) mass is 362 g/mol. The summed E-state index contributed by atoms with van der Waals surface area (Å²) in [6.07, 6.45) is 3.96. The molecule has 3 rings (SSSR count). The lowest BCUT2D eigenvalue weighted by Crippen LogP contribution is -2.33. The van der Waals surface area contributed by atoms with Gasteiger partial charge in [-0.25, -0.2) is 0 Å². The Morgan fingerprint density at radius 2 is 2.25 bits per heavy atom. The van der Waals surface area contributed by atoms with E-state index in [0.29, 0.717) is 9.23 Å². The number of anilines is 1. The molecule has 2 aliphatic heterocycles. The summed E-state index contributed by atoms with van der Waals surface area (Å²) in [7, 11) is 0. The quantitative estimate of drug-likeness (QED) is 0.656. The third-order valence-electron chi connectivity index (χ3n) is 4.16. The molecule has 5 nitrogen and oxygen atoms in total. The Labute approximate surface area is 150 Å². The Balaban J connectivity index is 1.86. The van der Waals surface area contributed by atoms with Crippen LogP contribution in [0.5, 0.6) is 0 Å². The highest BCUT2D eigenvalue weighted by Gasteiger charge is 2.33. The molecular weight excluding hydrogens is 344 g/mol. The second kappa shape index (κ2) is 6.94. The average molecular weight is 362 g/mol. The minimum Gasteiger partial charge on any atom is -0.480 e. The van der Waals surface area contributed by atoms with Gasteiger partial charge in [0.1, 0.15) is 10.9 Å². The lowest BCUT2D eigenvalue weighted by atomic mass is 9.99. The molecule has 1 amide bonds. The van der Waals surface area contributed by atoms with Gasteiger partial charge in [-0.2, -0.15) is 0 Å². The Morgan fingerprint density at radius 3 is 2.96 bits per heavy atom. The van der Waals surface area contributed by atoms with E-state index in [0.717, 1.165) is 48.2 Å². The highest BCUT2D eigenvalue weighted by Crippen LogP contribution is 2.34. The van der Waals surface area contributed by atoms with Gasteiger partial charge in [0.05, 0.1) is 4.91 Å². The van der Waals surface area contributed by atoms with Crippen molar-refractivity contribution in [2.75, 3.05) is 24.5 Å². The predicted molar refractivity (Wildman–Crippen MR) is 100 cm³/mol. The number of thioether (sulfide) groups is 1. The predicted octanol–water partition coefficient (Wildman–Crippen LogP) is 2.74. The fourth-order valence-electron chi connectivity index (χ4n) is 3.04. The van der Waals surface area contributed by atoms with Gasteiger partial charge in [0.15, 0.2) is 0 Å². The SMILES string of the molecule is CCN1CCCc2cc(C=C3SC(=S)N(CC(=O)O)C3=O)ccc21. The second-order valence-electron chi connectivity index (χ2n) is 5.73. The van der Waals surface area contributed by atoms with Gasteiger partial charge in [-0.05, 0) is 49.1 Å². The van der Waals surface area contributed by atoms with Gasteiger partial charge in [-0.1, -0.05) is 30.0 Å². The molecule has 0 spiro atoms. The molecule has 0 atom stereocenters. The zero-order chi connectivity index (χ0) is 17.3. The normalized spacial score (nSPS) is 19.1. The number of aryl methyl sites for hydroxylation is 1. The molecule has 1 N–H and O–H groups in total.